The minimum absolute atomic E-state index is 0.128. The van der Waals surface area contributed by atoms with Crippen molar-refractivity contribution >= 4 is 40.1 Å². The molecule has 2 atom stereocenters. The molecule has 9 nitrogen and oxygen atoms in total. The first-order chi connectivity index (χ1) is 20.0. The van der Waals surface area contributed by atoms with E-state index < -0.39 is 5.97 Å². The van der Waals surface area contributed by atoms with Gasteiger partial charge in [0.05, 0.1) is 24.6 Å². The number of esters is 1. The summed E-state index contributed by atoms with van der Waals surface area (Å²) in [5, 5.41) is 10.3. The average Bonchev–Trinajstić information content (AvgIpc) is 3.59. The highest BCUT2D eigenvalue weighted by molar-refractivity contribution is 7.99. The molecule has 0 aliphatic heterocycles. The number of pyridine rings is 1. The van der Waals surface area contributed by atoms with E-state index in [0.29, 0.717) is 28.2 Å². The van der Waals surface area contributed by atoms with Crippen molar-refractivity contribution in [2.24, 2.45) is 5.92 Å². The van der Waals surface area contributed by atoms with Crippen molar-refractivity contribution in [2.45, 2.75) is 64.2 Å². The Morgan fingerprint density at radius 2 is 1.93 bits per heavy atom. The Kier molecular flexibility index (Phi) is 9.45. The lowest BCUT2D eigenvalue weighted by atomic mass is 9.85. The van der Waals surface area contributed by atoms with E-state index in [2.05, 4.69) is 31.7 Å². The summed E-state index contributed by atoms with van der Waals surface area (Å²) in [5.74, 6) is 0.846. The smallest absolute Gasteiger partial charge is 0.350 e. The van der Waals surface area contributed by atoms with E-state index in [0.717, 1.165) is 41.4 Å². The maximum absolute atomic E-state index is 13.9. The van der Waals surface area contributed by atoms with Crippen molar-refractivity contribution < 1.29 is 14.3 Å². The van der Waals surface area contributed by atoms with Crippen LogP contribution >= 0.6 is 23.1 Å². The zero-order chi connectivity index (χ0) is 28.8. The summed E-state index contributed by atoms with van der Waals surface area (Å²) in [6.07, 6.45) is 8.12. The van der Waals surface area contributed by atoms with Crippen molar-refractivity contribution in [3.05, 3.63) is 71.0 Å². The molecular formula is C30H34N6O3S2. The molecule has 0 bridgehead atoms. The Morgan fingerprint density at radius 1 is 1.12 bits per heavy atom. The van der Waals surface area contributed by atoms with Gasteiger partial charge >= 0.3 is 5.97 Å². The summed E-state index contributed by atoms with van der Waals surface area (Å²) in [6, 6.07) is 13.9. The van der Waals surface area contributed by atoms with E-state index in [1.54, 1.807) is 31.1 Å². The van der Waals surface area contributed by atoms with Crippen LogP contribution < -0.4 is 4.90 Å². The first-order valence-electron chi connectivity index (χ1n) is 13.9. The largest absolute Gasteiger partial charge is 0.462 e. The first-order valence-corrected chi connectivity index (χ1v) is 15.7. The van der Waals surface area contributed by atoms with E-state index in [1.165, 1.54) is 29.5 Å². The number of anilines is 1. The Bertz CT molecular complexity index is 1470. The molecule has 4 aromatic rings. The van der Waals surface area contributed by atoms with Gasteiger partial charge in [-0.15, -0.1) is 10.2 Å². The molecule has 11 heteroatoms. The Labute approximate surface area is 248 Å². The van der Waals surface area contributed by atoms with E-state index in [9.17, 15) is 9.59 Å². The molecule has 5 rings (SSSR count). The van der Waals surface area contributed by atoms with E-state index in [1.807, 2.05) is 42.5 Å². The number of aryl methyl sites for hydroxylation is 1. The number of rotatable bonds is 10. The lowest BCUT2D eigenvalue weighted by molar-refractivity contribution is -0.116. The predicted octanol–water partition coefficient (Wildman–Crippen LogP) is 6.36. The number of carbonyl (C=O) groups excluding carboxylic acids is 2. The number of carbonyl (C=O) groups is 2. The number of nitrogens with zero attached hydrogens (tertiary/aromatic N) is 6. The molecule has 1 aliphatic rings. The normalized spacial score (nSPS) is 16.9. The topological polar surface area (TPSA) is 103 Å². The Hall–Kier alpha value is -3.57. The van der Waals surface area contributed by atoms with E-state index >= 15 is 0 Å². The molecule has 1 amide bonds. The van der Waals surface area contributed by atoms with Gasteiger partial charge in [0.2, 0.25) is 5.91 Å². The van der Waals surface area contributed by atoms with Gasteiger partial charge in [-0.1, -0.05) is 73.2 Å². The van der Waals surface area contributed by atoms with Crippen molar-refractivity contribution in [1.82, 2.24) is 24.7 Å². The molecule has 41 heavy (non-hydrogen) atoms. The third-order valence-electron chi connectivity index (χ3n) is 7.27. The van der Waals surface area contributed by atoms with Crippen LogP contribution in [-0.2, 0) is 16.1 Å². The zero-order valence-electron chi connectivity index (χ0n) is 23.5. The van der Waals surface area contributed by atoms with Crippen LogP contribution in [0.1, 0.15) is 66.5 Å². The third kappa shape index (κ3) is 6.68. The van der Waals surface area contributed by atoms with Gasteiger partial charge in [-0.2, -0.15) is 0 Å². The summed E-state index contributed by atoms with van der Waals surface area (Å²) in [6.45, 7) is 6.42. The standard InChI is InChI=1S/C30H34N6O3S2/c1-4-39-28(38)26-21(3)32-29(41-26)35(18-22-12-6-5-7-13-22)25(37)19-40-30-34-33-27(23-14-10-16-31-17-23)36(30)24-15-9-8-11-20(24)2/h5-7,10,12-14,16-17,20,24H,4,8-9,11,15,18-19H2,1-3H3. The van der Waals surface area contributed by atoms with Gasteiger partial charge in [0, 0.05) is 24.0 Å². The highest BCUT2D eigenvalue weighted by Gasteiger charge is 2.30. The lowest BCUT2D eigenvalue weighted by Gasteiger charge is -2.31. The van der Waals surface area contributed by atoms with Gasteiger partial charge in [0.15, 0.2) is 16.1 Å². The molecule has 0 N–H and O–H groups in total. The first kappa shape index (κ1) is 28.9. The predicted molar refractivity (Wildman–Crippen MR) is 161 cm³/mol. The van der Waals surface area contributed by atoms with Gasteiger partial charge in [-0.3, -0.25) is 19.2 Å². The van der Waals surface area contributed by atoms with Crippen LogP contribution in [0.15, 0.2) is 60.0 Å². The van der Waals surface area contributed by atoms with E-state index in [-0.39, 0.29) is 24.3 Å². The summed E-state index contributed by atoms with van der Waals surface area (Å²) in [4.78, 5) is 37.3. The fourth-order valence-electron chi connectivity index (χ4n) is 5.16. The number of hydrogen-bond donors (Lipinski definition) is 0. The molecular weight excluding hydrogens is 557 g/mol. The second-order valence-corrected chi connectivity index (χ2v) is 12.1. The Morgan fingerprint density at radius 3 is 2.66 bits per heavy atom. The fourth-order valence-corrected chi connectivity index (χ4v) is 7.01. The summed E-state index contributed by atoms with van der Waals surface area (Å²) in [5.41, 5.74) is 2.43. The minimum Gasteiger partial charge on any atom is -0.462 e. The molecule has 1 fully saturated rings. The summed E-state index contributed by atoms with van der Waals surface area (Å²) >= 11 is 2.57. The lowest BCUT2D eigenvalue weighted by Crippen LogP contribution is -2.32. The molecule has 3 aromatic heterocycles. The van der Waals surface area contributed by atoms with Gasteiger partial charge in [0.1, 0.15) is 4.88 Å². The zero-order valence-corrected chi connectivity index (χ0v) is 25.2. The highest BCUT2D eigenvalue weighted by atomic mass is 32.2. The third-order valence-corrected chi connectivity index (χ3v) is 9.36. The number of ether oxygens (including phenoxy) is 1. The maximum Gasteiger partial charge on any atom is 0.350 e. The maximum atomic E-state index is 13.9. The molecule has 1 aromatic carbocycles. The van der Waals surface area contributed by atoms with Crippen LogP contribution in [0.3, 0.4) is 0 Å². The van der Waals surface area contributed by atoms with Crippen LogP contribution in [0, 0.1) is 12.8 Å². The molecule has 1 saturated carbocycles. The molecule has 0 radical (unpaired) electrons. The number of amides is 1. The molecule has 1 aliphatic carbocycles. The van der Waals surface area contributed by atoms with Crippen molar-refractivity contribution in [1.29, 1.82) is 0 Å². The van der Waals surface area contributed by atoms with Crippen molar-refractivity contribution in [3.8, 4) is 11.4 Å². The molecule has 214 valence electrons. The monoisotopic (exact) mass is 590 g/mol. The van der Waals surface area contributed by atoms with Crippen LogP contribution in [-0.4, -0.2) is 49.0 Å². The molecule has 3 heterocycles. The van der Waals surface area contributed by atoms with E-state index in [4.69, 9.17) is 4.74 Å². The highest BCUT2D eigenvalue weighted by Crippen LogP contribution is 2.39. The van der Waals surface area contributed by atoms with Gasteiger partial charge < -0.3 is 4.74 Å². The quantitative estimate of drug-likeness (QED) is 0.155. The number of thioether (sulfide) groups is 1. The number of thiazole rings is 1. The summed E-state index contributed by atoms with van der Waals surface area (Å²) in [7, 11) is 0. The number of aromatic nitrogens is 5. The van der Waals surface area contributed by atoms with Crippen LogP contribution in [0.5, 0.6) is 0 Å². The number of benzene rings is 1. The van der Waals surface area contributed by atoms with Crippen LogP contribution in [0.25, 0.3) is 11.4 Å². The van der Waals surface area contributed by atoms with Crippen LogP contribution in [0.2, 0.25) is 0 Å². The van der Waals surface area contributed by atoms with Crippen LogP contribution in [0.4, 0.5) is 5.13 Å². The minimum atomic E-state index is -0.423. The molecule has 0 spiro atoms. The SMILES string of the molecule is CCOC(=O)c1sc(N(Cc2ccccc2)C(=O)CSc2nnc(-c3cccnc3)n2C2CCCCC2C)nc1C. The van der Waals surface area contributed by atoms with Gasteiger partial charge in [0.25, 0.3) is 0 Å². The van der Waals surface area contributed by atoms with Crippen molar-refractivity contribution in [2.75, 3.05) is 17.3 Å². The molecule has 2 unspecified atom stereocenters. The molecule has 0 saturated heterocycles. The second-order valence-electron chi connectivity index (χ2n) is 10.1. The van der Waals surface area contributed by atoms with Crippen molar-refractivity contribution in [3.63, 3.8) is 0 Å². The Balaban J connectivity index is 1.43. The summed E-state index contributed by atoms with van der Waals surface area (Å²) < 4.78 is 7.42. The fraction of sp³-hybridized carbons (Fsp3) is 0.400. The van der Waals surface area contributed by atoms with Gasteiger partial charge in [-0.25, -0.2) is 9.78 Å². The average molecular weight is 591 g/mol. The number of hydrogen-bond acceptors (Lipinski definition) is 9. The second kappa shape index (κ2) is 13.4. The van der Waals surface area contributed by atoms with Gasteiger partial charge in [-0.05, 0) is 50.3 Å².